The van der Waals surface area contributed by atoms with Crippen LogP contribution in [0.1, 0.15) is 52.9 Å². The summed E-state index contributed by atoms with van der Waals surface area (Å²) in [5.41, 5.74) is 3.54. The van der Waals surface area contributed by atoms with Crippen LogP contribution in [-0.2, 0) is 4.79 Å². The van der Waals surface area contributed by atoms with Gasteiger partial charge < -0.3 is 4.90 Å². The van der Waals surface area contributed by atoms with E-state index in [2.05, 4.69) is 38.3 Å². The van der Waals surface area contributed by atoms with Crippen molar-refractivity contribution in [1.82, 2.24) is 4.90 Å². The summed E-state index contributed by atoms with van der Waals surface area (Å²) in [5.74, 6) is 0.158. The molecule has 2 nitrogen and oxygen atoms in total. The fourth-order valence-corrected chi connectivity index (χ4v) is 2.82. The molecule has 0 radical (unpaired) electrons. The van der Waals surface area contributed by atoms with Crippen LogP contribution >= 0.6 is 0 Å². The van der Waals surface area contributed by atoms with Gasteiger partial charge in [-0.05, 0) is 32.3 Å². The van der Waals surface area contributed by atoms with Crippen LogP contribution in [0.2, 0.25) is 19.6 Å². The predicted octanol–water partition coefficient (Wildman–Crippen LogP) is 5.19. The molecule has 0 atom stereocenters. The van der Waals surface area contributed by atoms with Crippen LogP contribution in [0.25, 0.3) is 0 Å². The molecule has 0 aliphatic heterocycles. The summed E-state index contributed by atoms with van der Waals surface area (Å²) in [6.07, 6.45) is 10.1. The Balaban J connectivity index is 4.85. The molecule has 0 bridgehead atoms. The average molecular weight is 310 g/mol. The number of nitrogens with zero attached hydrogens (tertiary/aromatic N) is 1. The van der Waals surface area contributed by atoms with Gasteiger partial charge in [0, 0.05) is 19.2 Å². The molecule has 0 saturated heterocycles. The molecule has 21 heavy (non-hydrogen) atoms. The van der Waals surface area contributed by atoms with Crippen molar-refractivity contribution in [3.05, 3.63) is 23.4 Å². The zero-order valence-electron chi connectivity index (χ0n) is 15.0. The van der Waals surface area contributed by atoms with E-state index in [1.54, 1.807) is 0 Å². The Morgan fingerprint density at radius 3 is 2.10 bits per heavy atom. The molecule has 0 fully saturated rings. The molecule has 122 valence electrons. The molecule has 0 saturated carbocycles. The average Bonchev–Trinajstić information content (AvgIpc) is 2.41. The van der Waals surface area contributed by atoms with Crippen LogP contribution < -0.4 is 0 Å². The molecule has 0 spiro atoms. The molecule has 0 aromatic heterocycles. The Kier molecular flexibility index (Phi) is 10.4. The van der Waals surface area contributed by atoms with E-state index in [1.807, 2.05) is 24.8 Å². The van der Waals surface area contributed by atoms with Crippen LogP contribution in [0.15, 0.2) is 23.4 Å². The summed E-state index contributed by atoms with van der Waals surface area (Å²) in [6, 6.07) is 0. The second kappa shape index (κ2) is 10.8. The smallest absolute Gasteiger partial charge is 0.246 e. The van der Waals surface area contributed by atoms with Crippen LogP contribution in [-0.4, -0.2) is 32.0 Å². The summed E-state index contributed by atoms with van der Waals surface area (Å²) in [5, 5.41) is 0. The van der Waals surface area contributed by atoms with Crippen LogP contribution in [0, 0.1) is 0 Å². The number of unbranched alkanes of at least 4 members (excludes halogenated alkanes) is 3. The lowest BCUT2D eigenvalue weighted by Gasteiger charge is -2.17. The van der Waals surface area contributed by atoms with Crippen molar-refractivity contribution in [3.63, 3.8) is 0 Å². The van der Waals surface area contributed by atoms with Crippen LogP contribution in [0.5, 0.6) is 0 Å². The Morgan fingerprint density at radius 2 is 1.62 bits per heavy atom. The van der Waals surface area contributed by atoms with Gasteiger partial charge in [-0.3, -0.25) is 4.79 Å². The molecule has 1 amide bonds. The van der Waals surface area contributed by atoms with E-state index in [4.69, 9.17) is 0 Å². The lowest BCUT2D eigenvalue weighted by Crippen LogP contribution is -2.29. The third kappa shape index (κ3) is 10.5. The number of hydrogen-bond acceptors (Lipinski definition) is 1. The SMILES string of the molecule is CCCCCCC(C=C[Si](C)(C)C)=CC(=O)N(CC)CC. The van der Waals surface area contributed by atoms with Crippen molar-refractivity contribution in [2.45, 2.75) is 72.5 Å². The minimum Gasteiger partial charge on any atom is -0.340 e. The number of amides is 1. The molecule has 0 heterocycles. The van der Waals surface area contributed by atoms with Gasteiger partial charge in [-0.15, -0.1) is 0 Å². The van der Waals surface area contributed by atoms with Gasteiger partial charge in [0.25, 0.3) is 0 Å². The molecule has 0 aromatic carbocycles. The van der Waals surface area contributed by atoms with E-state index in [9.17, 15) is 4.79 Å². The van der Waals surface area contributed by atoms with E-state index in [-0.39, 0.29) is 5.91 Å². The lowest BCUT2D eigenvalue weighted by atomic mass is 10.1. The number of hydrogen-bond donors (Lipinski definition) is 0. The van der Waals surface area contributed by atoms with Crippen molar-refractivity contribution >= 4 is 14.0 Å². The van der Waals surface area contributed by atoms with Gasteiger partial charge in [0.05, 0.1) is 8.07 Å². The van der Waals surface area contributed by atoms with Gasteiger partial charge in [-0.2, -0.15) is 0 Å². The number of carbonyl (C=O) groups is 1. The molecule has 0 rings (SSSR count). The Labute approximate surface area is 133 Å². The number of allylic oxidation sites excluding steroid dienone is 2. The molecule has 0 aromatic rings. The molecule has 0 unspecified atom stereocenters. The summed E-state index contributed by atoms with van der Waals surface area (Å²) in [7, 11) is -1.22. The van der Waals surface area contributed by atoms with Crippen molar-refractivity contribution in [2.24, 2.45) is 0 Å². The van der Waals surface area contributed by atoms with E-state index < -0.39 is 8.07 Å². The summed E-state index contributed by atoms with van der Waals surface area (Å²) < 4.78 is 0. The van der Waals surface area contributed by atoms with Gasteiger partial charge in [-0.1, -0.05) is 57.6 Å². The normalized spacial score (nSPS) is 13.0. The first kappa shape index (κ1) is 20.2. The molecule has 0 aliphatic carbocycles. The highest BCUT2D eigenvalue weighted by molar-refractivity contribution is 6.81. The maximum atomic E-state index is 12.3. The predicted molar refractivity (Wildman–Crippen MR) is 97.3 cm³/mol. The number of carbonyl (C=O) groups excluding carboxylic acids is 1. The fraction of sp³-hybridized carbons (Fsp3) is 0.722. The topological polar surface area (TPSA) is 20.3 Å². The molecular weight excluding hydrogens is 274 g/mol. The zero-order valence-corrected chi connectivity index (χ0v) is 16.0. The number of likely N-dealkylation sites (N-methyl/N-ethyl adjacent to an activating group) is 1. The second-order valence-corrected chi connectivity index (χ2v) is 11.8. The zero-order chi connectivity index (χ0) is 16.3. The van der Waals surface area contributed by atoms with Crippen molar-refractivity contribution < 1.29 is 4.79 Å². The molecule has 3 heteroatoms. The molecule has 0 N–H and O–H groups in total. The van der Waals surface area contributed by atoms with Gasteiger partial charge in [0.2, 0.25) is 5.91 Å². The van der Waals surface area contributed by atoms with E-state index in [0.29, 0.717) is 0 Å². The first-order valence-electron chi connectivity index (χ1n) is 8.52. The highest BCUT2D eigenvalue weighted by Gasteiger charge is 2.10. The third-order valence-corrected chi connectivity index (χ3v) is 4.67. The lowest BCUT2D eigenvalue weighted by molar-refractivity contribution is -0.125. The Hall–Kier alpha value is -0.833. The van der Waals surface area contributed by atoms with Crippen molar-refractivity contribution in [2.75, 3.05) is 13.1 Å². The Bertz CT molecular complexity index is 349. The van der Waals surface area contributed by atoms with Crippen LogP contribution in [0.4, 0.5) is 0 Å². The maximum absolute atomic E-state index is 12.3. The van der Waals surface area contributed by atoms with Gasteiger partial charge >= 0.3 is 0 Å². The van der Waals surface area contributed by atoms with E-state index in [1.165, 1.54) is 31.3 Å². The summed E-state index contributed by atoms with van der Waals surface area (Å²) >= 11 is 0. The molecular formula is C18H35NOSi. The van der Waals surface area contributed by atoms with Crippen molar-refractivity contribution in [1.29, 1.82) is 0 Å². The highest BCUT2D eigenvalue weighted by Crippen LogP contribution is 2.14. The maximum Gasteiger partial charge on any atom is 0.246 e. The fourth-order valence-electron chi connectivity index (χ4n) is 2.10. The number of rotatable bonds is 10. The van der Waals surface area contributed by atoms with Crippen LogP contribution in [0.3, 0.4) is 0 Å². The minimum atomic E-state index is -1.22. The third-order valence-electron chi connectivity index (χ3n) is 3.50. The molecule has 0 aliphatic rings. The summed E-state index contributed by atoms with van der Waals surface area (Å²) in [4.78, 5) is 14.1. The van der Waals surface area contributed by atoms with Crippen molar-refractivity contribution in [3.8, 4) is 0 Å². The van der Waals surface area contributed by atoms with Gasteiger partial charge in [0.15, 0.2) is 0 Å². The monoisotopic (exact) mass is 309 g/mol. The first-order valence-corrected chi connectivity index (χ1v) is 12.1. The second-order valence-electron chi connectivity index (χ2n) is 6.74. The highest BCUT2D eigenvalue weighted by atomic mass is 28.3. The van der Waals surface area contributed by atoms with E-state index >= 15 is 0 Å². The van der Waals surface area contributed by atoms with Gasteiger partial charge in [-0.25, -0.2) is 0 Å². The standard InChI is InChI=1S/C18H35NOSi/c1-7-10-11-12-13-17(14-15-21(4,5)6)16-18(20)19(8-2)9-3/h14-16H,7-13H2,1-6H3. The Morgan fingerprint density at radius 1 is 1.00 bits per heavy atom. The largest absolute Gasteiger partial charge is 0.340 e. The minimum absolute atomic E-state index is 0.158. The quantitative estimate of drug-likeness (QED) is 0.235. The van der Waals surface area contributed by atoms with Gasteiger partial charge in [0.1, 0.15) is 0 Å². The first-order chi connectivity index (χ1) is 9.84. The summed E-state index contributed by atoms with van der Waals surface area (Å²) in [6.45, 7) is 14.8. The van der Waals surface area contributed by atoms with E-state index in [0.717, 1.165) is 19.5 Å².